The van der Waals surface area contributed by atoms with E-state index in [1.807, 2.05) is 24.3 Å². The van der Waals surface area contributed by atoms with E-state index in [9.17, 15) is 18.0 Å². The third kappa shape index (κ3) is 5.01. The Morgan fingerprint density at radius 1 is 1.12 bits per heavy atom. The topological polar surface area (TPSA) is 96.0 Å². The summed E-state index contributed by atoms with van der Waals surface area (Å²) in [5, 5.41) is 2.84. The number of amides is 2. The lowest BCUT2D eigenvalue weighted by molar-refractivity contribution is -0.122. The molecule has 0 bridgehead atoms. The first-order valence-corrected chi connectivity index (χ1v) is 13.1. The first-order chi connectivity index (χ1) is 16.3. The lowest BCUT2D eigenvalue weighted by Gasteiger charge is -2.26. The van der Waals surface area contributed by atoms with E-state index in [-0.39, 0.29) is 23.1 Å². The monoisotopic (exact) mass is 485 g/mol. The number of morpholine rings is 1. The summed E-state index contributed by atoms with van der Waals surface area (Å²) in [7, 11) is -3.59. The quantitative estimate of drug-likeness (QED) is 0.650. The number of hydrogen-bond donors (Lipinski definition) is 1. The van der Waals surface area contributed by atoms with Gasteiger partial charge in [-0.3, -0.25) is 9.59 Å². The van der Waals surface area contributed by atoms with Crippen molar-refractivity contribution in [1.29, 1.82) is 0 Å². The number of carbonyl (C=O) groups is 2. The van der Waals surface area contributed by atoms with Gasteiger partial charge in [0.25, 0.3) is 0 Å². The van der Waals surface area contributed by atoms with Crippen molar-refractivity contribution in [2.24, 2.45) is 5.92 Å². The fourth-order valence-electron chi connectivity index (χ4n) is 4.38. The number of nitrogens with zero attached hydrogens (tertiary/aromatic N) is 2. The molecule has 2 aliphatic heterocycles. The zero-order chi connectivity index (χ0) is 24.3. The van der Waals surface area contributed by atoms with Gasteiger partial charge < -0.3 is 15.0 Å². The molecular weight excluding hydrogens is 454 g/mol. The van der Waals surface area contributed by atoms with Crippen LogP contribution in [-0.2, 0) is 24.3 Å². The number of rotatable bonds is 7. The summed E-state index contributed by atoms with van der Waals surface area (Å²) in [6, 6.07) is 14.0. The Hall–Kier alpha value is -2.75. The van der Waals surface area contributed by atoms with E-state index < -0.39 is 15.9 Å². The van der Waals surface area contributed by atoms with Crippen molar-refractivity contribution in [1.82, 2.24) is 4.31 Å². The summed E-state index contributed by atoms with van der Waals surface area (Å²) in [6.07, 6.45) is 1.10. The van der Waals surface area contributed by atoms with Crippen LogP contribution in [0.15, 0.2) is 53.4 Å². The molecule has 2 aromatic rings. The minimum absolute atomic E-state index is 0.0668. The Labute approximate surface area is 200 Å². The molecule has 2 saturated heterocycles. The van der Waals surface area contributed by atoms with Crippen LogP contribution in [0, 0.1) is 5.92 Å². The van der Waals surface area contributed by atoms with Crippen molar-refractivity contribution in [3.8, 4) is 0 Å². The van der Waals surface area contributed by atoms with Crippen LogP contribution in [0.1, 0.15) is 38.2 Å². The van der Waals surface area contributed by atoms with Gasteiger partial charge in [0, 0.05) is 37.4 Å². The Morgan fingerprint density at radius 2 is 1.79 bits per heavy atom. The largest absolute Gasteiger partial charge is 0.379 e. The molecule has 0 aromatic heterocycles. The Kier molecular flexibility index (Phi) is 7.35. The minimum Gasteiger partial charge on any atom is -0.379 e. The number of sulfonamides is 1. The number of ether oxygens (including phenoxy) is 1. The SMILES string of the molecule is CC[C@@H](C)c1ccccc1N1C[C@H](C(=O)Nc2ccc(S(=O)(=O)N3CCOCC3)cc2)CC1=O. The molecule has 2 amide bonds. The molecule has 34 heavy (non-hydrogen) atoms. The maximum absolute atomic E-state index is 12.9. The fourth-order valence-corrected chi connectivity index (χ4v) is 5.78. The van der Waals surface area contributed by atoms with E-state index in [4.69, 9.17) is 4.74 Å². The first-order valence-electron chi connectivity index (χ1n) is 11.7. The highest BCUT2D eigenvalue weighted by Crippen LogP contribution is 2.33. The molecule has 0 radical (unpaired) electrons. The number of anilines is 2. The molecule has 1 N–H and O–H groups in total. The second kappa shape index (κ2) is 10.2. The average molecular weight is 486 g/mol. The maximum atomic E-state index is 12.9. The highest BCUT2D eigenvalue weighted by Gasteiger charge is 2.36. The van der Waals surface area contributed by atoms with Crippen molar-refractivity contribution in [3.05, 3.63) is 54.1 Å². The van der Waals surface area contributed by atoms with E-state index >= 15 is 0 Å². The summed E-state index contributed by atoms with van der Waals surface area (Å²) in [4.78, 5) is 27.6. The second-order valence-corrected chi connectivity index (χ2v) is 10.7. The molecule has 2 atom stereocenters. The van der Waals surface area contributed by atoms with Gasteiger partial charge in [-0.2, -0.15) is 4.31 Å². The minimum atomic E-state index is -3.59. The van der Waals surface area contributed by atoms with Crippen molar-refractivity contribution >= 4 is 33.2 Å². The molecule has 9 heteroatoms. The van der Waals surface area contributed by atoms with Crippen LogP contribution in [-0.4, -0.2) is 57.4 Å². The van der Waals surface area contributed by atoms with Crippen molar-refractivity contribution in [2.45, 2.75) is 37.5 Å². The van der Waals surface area contributed by atoms with E-state index in [0.717, 1.165) is 17.7 Å². The van der Waals surface area contributed by atoms with Crippen LogP contribution < -0.4 is 10.2 Å². The summed E-state index contributed by atoms with van der Waals surface area (Å²) in [5.74, 6) is -0.484. The number of benzene rings is 2. The lowest BCUT2D eigenvalue weighted by Crippen LogP contribution is -2.40. The molecule has 8 nitrogen and oxygen atoms in total. The first kappa shape index (κ1) is 24.4. The third-order valence-electron chi connectivity index (χ3n) is 6.60. The molecule has 0 saturated carbocycles. The standard InChI is InChI=1S/C25H31N3O5S/c1-3-18(2)22-6-4-5-7-23(22)28-17-19(16-24(28)29)25(30)26-20-8-10-21(11-9-20)34(31,32)27-12-14-33-15-13-27/h4-11,18-19H,3,12-17H2,1-2H3,(H,26,30)/t18-,19-/m1/s1. The molecule has 0 aliphatic carbocycles. The van der Waals surface area contributed by atoms with E-state index in [2.05, 4.69) is 19.2 Å². The Morgan fingerprint density at radius 3 is 2.47 bits per heavy atom. The van der Waals surface area contributed by atoms with E-state index in [0.29, 0.717) is 44.5 Å². The zero-order valence-electron chi connectivity index (χ0n) is 19.6. The summed E-state index contributed by atoms with van der Waals surface area (Å²) in [6.45, 7) is 5.98. The Balaban J connectivity index is 1.42. The van der Waals surface area contributed by atoms with Gasteiger partial charge in [0.2, 0.25) is 21.8 Å². The summed E-state index contributed by atoms with van der Waals surface area (Å²) < 4.78 is 32.2. The maximum Gasteiger partial charge on any atom is 0.243 e. The van der Waals surface area contributed by atoms with Gasteiger partial charge >= 0.3 is 0 Å². The number of para-hydroxylation sites is 1. The van der Waals surface area contributed by atoms with Gasteiger partial charge in [-0.1, -0.05) is 32.0 Å². The average Bonchev–Trinajstić information content (AvgIpc) is 3.26. The summed E-state index contributed by atoms with van der Waals surface area (Å²) in [5.41, 5.74) is 2.48. The van der Waals surface area contributed by atoms with Gasteiger partial charge in [-0.25, -0.2) is 8.42 Å². The highest BCUT2D eigenvalue weighted by molar-refractivity contribution is 7.89. The third-order valence-corrected chi connectivity index (χ3v) is 8.51. The van der Waals surface area contributed by atoms with Crippen molar-refractivity contribution in [3.63, 3.8) is 0 Å². The van der Waals surface area contributed by atoms with E-state index in [1.54, 1.807) is 17.0 Å². The van der Waals surface area contributed by atoms with Gasteiger partial charge in [0.05, 0.1) is 24.0 Å². The molecule has 2 heterocycles. The van der Waals surface area contributed by atoms with E-state index in [1.165, 1.54) is 16.4 Å². The molecule has 2 aliphatic rings. The molecular formula is C25H31N3O5S. The van der Waals surface area contributed by atoms with Crippen molar-refractivity contribution in [2.75, 3.05) is 43.1 Å². The number of nitrogens with one attached hydrogen (secondary N) is 1. The number of carbonyl (C=O) groups excluding carboxylic acids is 2. The molecule has 2 fully saturated rings. The fraction of sp³-hybridized carbons (Fsp3) is 0.440. The number of hydrogen-bond acceptors (Lipinski definition) is 5. The normalized spacial score (nSPS) is 20.4. The van der Waals surface area contributed by atoms with Crippen LogP contribution >= 0.6 is 0 Å². The molecule has 4 rings (SSSR count). The molecule has 2 aromatic carbocycles. The van der Waals surface area contributed by atoms with Crippen LogP contribution in [0.5, 0.6) is 0 Å². The van der Waals surface area contributed by atoms with Gasteiger partial charge in [-0.05, 0) is 48.2 Å². The van der Waals surface area contributed by atoms with Crippen molar-refractivity contribution < 1.29 is 22.7 Å². The smallest absolute Gasteiger partial charge is 0.243 e. The van der Waals surface area contributed by atoms with Crippen LogP contribution in [0.25, 0.3) is 0 Å². The highest BCUT2D eigenvalue weighted by atomic mass is 32.2. The molecule has 182 valence electrons. The molecule has 0 spiro atoms. The van der Waals surface area contributed by atoms with Gasteiger partial charge in [0.15, 0.2) is 0 Å². The van der Waals surface area contributed by atoms with Crippen LogP contribution in [0.2, 0.25) is 0 Å². The van der Waals surface area contributed by atoms with Gasteiger partial charge in [-0.15, -0.1) is 0 Å². The van der Waals surface area contributed by atoms with Crippen LogP contribution in [0.4, 0.5) is 11.4 Å². The van der Waals surface area contributed by atoms with Gasteiger partial charge in [0.1, 0.15) is 0 Å². The van der Waals surface area contributed by atoms with Crippen LogP contribution in [0.3, 0.4) is 0 Å². The zero-order valence-corrected chi connectivity index (χ0v) is 20.4. The second-order valence-electron chi connectivity index (χ2n) is 8.80. The lowest BCUT2D eigenvalue weighted by atomic mass is 9.96. The Bertz CT molecular complexity index is 1140. The molecule has 0 unspecified atom stereocenters. The predicted octanol–water partition coefficient (Wildman–Crippen LogP) is 3.21. The predicted molar refractivity (Wildman–Crippen MR) is 130 cm³/mol. The summed E-state index contributed by atoms with van der Waals surface area (Å²) >= 11 is 0.